The predicted molar refractivity (Wildman–Crippen MR) is 153 cm³/mol. The third kappa shape index (κ3) is 7.13. The molecule has 0 saturated carbocycles. The molecule has 16 heteroatoms. The smallest absolute Gasteiger partial charge is 0.347 e. The van der Waals surface area contributed by atoms with Gasteiger partial charge in [-0.25, -0.2) is 4.79 Å². The number of nitrogens with one attached hydrogen (secondary N) is 5. The second kappa shape index (κ2) is 12.9. The fourth-order valence-corrected chi connectivity index (χ4v) is 4.69. The van der Waals surface area contributed by atoms with Crippen molar-refractivity contribution in [3.63, 3.8) is 0 Å². The molecule has 42 heavy (non-hydrogen) atoms. The number of aromatic amines is 1. The highest BCUT2D eigenvalue weighted by atomic mass is 16.7. The van der Waals surface area contributed by atoms with Gasteiger partial charge in [0.05, 0.1) is 11.6 Å². The summed E-state index contributed by atoms with van der Waals surface area (Å²) in [7, 11) is 0. The summed E-state index contributed by atoms with van der Waals surface area (Å²) < 4.78 is 0. The Morgan fingerprint density at radius 3 is 2.69 bits per heavy atom. The zero-order valence-corrected chi connectivity index (χ0v) is 23.3. The molecule has 1 aromatic heterocycles. The minimum Gasteiger partial charge on any atom is -0.481 e. The number of nitrogens with two attached hydrogens (primary N) is 1. The first-order valence-electron chi connectivity index (χ1n) is 13.4. The zero-order chi connectivity index (χ0) is 30.4. The number of carboxylic acid groups (broad SMARTS) is 1. The number of piperazine rings is 1. The normalized spacial score (nSPS) is 18.6. The maximum atomic E-state index is 13.0. The Labute approximate surface area is 240 Å². The van der Waals surface area contributed by atoms with Crippen LogP contribution in [0.5, 0.6) is 0 Å². The van der Waals surface area contributed by atoms with Crippen LogP contribution in [0, 0.1) is 0 Å². The average Bonchev–Trinajstić information content (AvgIpc) is 2.94. The number of H-pyrrole nitrogens is 1. The van der Waals surface area contributed by atoms with Gasteiger partial charge in [-0.15, -0.1) is 5.06 Å². The molecule has 3 heterocycles. The van der Waals surface area contributed by atoms with E-state index in [9.17, 15) is 24.0 Å². The first-order valence-corrected chi connectivity index (χ1v) is 13.4. The van der Waals surface area contributed by atoms with Crippen LogP contribution in [0.2, 0.25) is 0 Å². The molecule has 0 spiro atoms. The molecule has 16 nitrogen and oxygen atoms in total. The third-order valence-electron chi connectivity index (χ3n) is 7.03. The van der Waals surface area contributed by atoms with E-state index in [-0.39, 0.29) is 42.4 Å². The molecule has 2 aliphatic heterocycles. The molecule has 2 aliphatic rings. The maximum Gasteiger partial charge on any atom is 0.347 e. The number of aliphatic carboxylic acids is 1. The number of rotatable bonds is 11. The fourth-order valence-electron chi connectivity index (χ4n) is 4.69. The van der Waals surface area contributed by atoms with Gasteiger partial charge in [-0.1, -0.05) is 0 Å². The van der Waals surface area contributed by atoms with Crippen LogP contribution in [-0.2, 0) is 19.2 Å². The van der Waals surface area contributed by atoms with Crippen molar-refractivity contribution in [1.29, 1.82) is 0 Å². The van der Waals surface area contributed by atoms with Crippen LogP contribution < -0.4 is 37.5 Å². The van der Waals surface area contributed by atoms with E-state index in [0.29, 0.717) is 38.3 Å². The van der Waals surface area contributed by atoms with E-state index in [1.807, 2.05) is 13.8 Å². The molecule has 2 aromatic rings. The van der Waals surface area contributed by atoms with Gasteiger partial charge in [0.25, 0.3) is 11.5 Å². The van der Waals surface area contributed by atoms with Crippen LogP contribution in [-0.4, -0.2) is 94.7 Å². The predicted octanol–water partition coefficient (Wildman–Crippen LogP) is -0.674. The van der Waals surface area contributed by atoms with Gasteiger partial charge in [0.15, 0.2) is 11.5 Å². The lowest BCUT2D eigenvalue weighted by atomic mass is 10.0. The minimum atomic E-state index is -1.17. The molecular formula is C26H35N9O7. The van der Waals surface area contributed by atoms with E-state index >= 15 is 0 Å². The highest BCUT2D eigenvalue weighted by Gasteiger charge is 2.35. The first kappa shape index (κ1) is 30.3. The minimum absolute atomic E-state index is 0.0635. The first-order chi connectivity index (χ1) is 20.0. The summed E-state index contributed by atoms with van der Waals surface area (Å²) in [4.78, 5) is 74.6. The van der Waals surface area contributed by atoms with E-state index < -0.39 is 41.0 Å². The van der Waals surface area contributed by atoms with Crippen molar-refractivity contribution >= 4 is 47.4 Å². The summed E-state index contributed by atoms with van der Waals surface area (Å²) in [5.74, 6) is -2.25. The standard InChI is InChI=1S/C26H35N9O7/c1-26(2)13-28-9-10-35(26)42-24(41)18(7-8-19(37)38)31-22(39)15-3-5-16(6-4-15)29-11-17-12-30-21-20(34(17)14-36)23(40)33-25(27)32-21/h3-6,14,17-18,28-29H,7-13H2,1-2H3,(H,31,39)(H,37,38)(H4,27,30,32,33,40). The monoisotopic (exact) mass is 585 g/mol. The van der Waals surface area contributed by atoms with E-state index in [1.165, 1.54) is 4.90 Å². The molecule has 0 radical (unpaired) electrons. The van der Waals surface area contributed by atoms with Gasteiger partial charge in [0.2, 0.25) is 12.4 Å². The summed E-state index contributed by atoms with van der Waals surface area (Å²) in [5, 5.41) is 22.7. The molecular weight excluding hydrogens is 550 g/mol. The van der Waals surface area contributed by atoms with Crippen molar-refractivity contribution in [2.45, 2.75) is 44.3 Å². The van der Waals surface area contributed by atoms with Crippen LogP contribution in [0.25, 0.3) is 0 Å². The molecule has 2 unspecified atom stereocenters. The largest absolute Gasteiger partial charge is 0.481 e. The van der Waals surface area contributed by atoms with Crippen LogP contribution >= 0.6 is 0 Å². The van der Waals surface area contributed by atoms with Gasteiger partial charge in [-0.2, -0.15) is 4.98 Å². The Kier molecular flexibility index (Phi) is 9.27. The van der Waals surface area contributed by atoms with Crippen LogP contribution in [0.15, 0.2) is 29.1 Å². The molecule has 2 atom stereocenters. The highest BCUT2D eigenvalue weighted by Crippen LogP contribution is 2.25. The van der Waals surface area contributed by atoms with Crippen molar-refractivity contribution in [3.8, 4) is 0 Å². The van der Waals surface area contributed by atoms with Crippen LogP contribution in [0.1, 0.15) is 37.0 Å². The Bertz CT molecular complexity index is 1380. The van der Waals surface area contributed by atoms with E-state index in [2.05, 4.69) is 31.2 Å². The Morgan fingerprint density at radius 1 is 1.29 bits per heavy atom. The number of hydrogen-bond donors (Lipinski definition) is 7. The topological polar surface area (TPSA) is 224 Å². The number of nitrogens with zero attached hydrogens (tertiary/aromatic N) is 3. The number of amides is 2. The highest BCUT2D eigenvalue weighted by molar-refractivity contribution is 5.97. The third-order valence-corrected chi connectivity index (χ3v) is 7.03. The van der Waals surface area contributed by atoms with Crippen LogP contribution in [0.4, 0.5) is 23.1 Å². The zero-order valence-electron chi connectivity index (χ0n) is 23.3. The number of carbonyl (C=O) groups is 4. The van der Waals surface area contributed by atoms with Gasteiger partial charge >= 0.3 is 11.9 Å². The molecule has 4 rings (SSSR count). The summed E-state index contributed by atoms with van der Waals surface area (Å²) >= 11 is 0. The van der Waals surface area contributed by atoms with Crippen LogP contribution in [0.3, 0.4) is 0 Å². The lowest BCUT2D eigenvalue weighted by Crippen LogP contribution is -2.59. The average molecular weight is 586 g/mol. The number of fused-ring (bicyclic) bond motifs is 1. The quantitative estimate of drug-likeness (QED) is 0.163. The maximum absolute atomic E-state index is 13.0. The Balaban J connectivity index is 1.37. The van der Waals surface area contributed by atoms with Gasteiger partial charge in [0.1, 0.15) is 6.04 Å². The summed E-state index contributed by atoms with van der Waals surface area (Å²) in [6.45, 7) is 6.05. The number of hydrogen-bond acceptors (Lipinski definition) is 12. The lowest BCUT2D eigenvalue weighted by Gasteiger charge is -2.41. The number of anilines is 4. The fraction of sp³-hybridized carbons (Fsp3) is 0.462. The van der Waals surface area contributed by atoms with Gasteiger partial charge in [-0.05, 0) is 44.5 Å². The Morgan fingerprint density at radius 2 is 2.02 bits per heavy atom. The molecule has 1 saturated heterocycles. The summed E-state index contributed by atoms with van der Waals surface area (Å²) in [6, 6.07) is 4.78. The molecule has 1 aromatic carbocycles. The lowest BCUT2D eigenvalue weighted by molar-refractivity contribution is -0.223. The molecule has 1 fully saturated rings. The molecule has 2 amide bonds. The number of nitrogen functional groups attached to an aromatic ring is 1. The van der Waals surface area contributed by atoms with Crippen molar-refractivity contribution in [2.24, 2.45) is 0 Å². The number of hydroxylamine groups is 2. The summed E-state index contributed by atoms with van der Waals surface area (Å²) in [6.07, 6.45) is 0.0891. The van der Waals surface area contributed by atoms with Crippen molar-refractivity contribution in [1.82, 2.24) is 25.7 Å². The summed E-state index contributed by atoms with van der Waals surface area (Å²) in [5.41, 5.74) is 5.52. The van der Waals surface area contributed by atoms with Gasteiger partial charge in [-0.3, -0.25) is 24.2 Å². The van der Waals surface area contributed by atoms with E-state index in [0.717, 1.165) is 0 Å². The van der Waals surface area contributed by atoms with Gasteiger partial charge in [0, 0.05) is 50.4 Å². The second-order valence-corrected chi connectivity index (χ2v) is 10.6. The SMILES string of the molecule is CC1(C)CNCCN1OC(=O)C(CCC(=O)O)NC(=O)c1ccc(NCC2CNc3nc(N)[nH]c(=O)c3N2C=O)cc1. The van der Waals surface area contributed by atoms with Crippen molar-refractivity contribution < 1.29 is 29.1 Å². The Hall–Kier alpha value is -4.70. The van der Waals surface area contributed by atoms with E-state index in [1.54, 1.807) is 29.3 Å². The number of aromatic nitrogens is 2. The number of carboxylic acids is 1. The van der Waals surface area contributed by atoms with Gasteiger partial charge < -0.3 is 41.8 Å². The van der Waals surface area contributed by atoms with E-state index in [4.69, 9.17) is 15.7 Å². The number of carbonyl (C=O) groups excluding carboxylic acids is 3. The molecule has 8 N–H and O–H groups in total. The van der Waals surface area contributed by atoms with Crippen molar-refractivity contribution in [2.75, 3.05) is 54.0 Å². The second-order valence-electron chi connectivity index (χ2n) is 10.6. The molecule has 0 bridgehead atoms. The number of benzene rings is 1. The molecule has 226 valence electrons. The van der Waals surface area contributed by atoms with Crippen molar-refractivity contribution in [3.05, 3.63) is 40.2 Å². The molecule has 0 aliphatic carbocycles.